The summed E-state index contributed by atoms with van der Waals surface area (Å²) in [4.78, 5) is 25.7. The Morgan fingerprint density at radius 2 is 1.82 bits per heavy atom. The van der Waals surface area contributed by atoms with Gasteiger partial charge in [-0.05, 0) is 20.0 Å². The Hall–Kier alpha value is -1.30. The molecule has 0 rings (SSSR count). The van der Waals surface area contributed by atoms with Crippen molar-refractivity contribution in [1.82, 2.24) is 15.1 Å². The fourth-order valence-corrected chi connectivity index (χ4v) is 1.30. The number of carbonyl (C=O) groups is 2. The predicted molar refractivity (Wildman–Crippen MR) is 66.0 cm³/mol. The van der Waals surface area contributed by atoms with E-state index in [1.54, 1.807) is 4.90 Å². The van der Waals surface area contributed by atoms with Crippen LogP contribution in [0, 0.1) is 5.92 Å². The first-order valence-electron chi connectivity index (χ1n) is 5.72. The van der Waals surface area contributed by atoms with Gasteiger partial charge in [0.05, 0.1) is 0 Å². The van der Waals surface area contributed by atoms with Gasteiger partial charge in [0.2, 0.25) is 0 Å². The molecule has 0 aliphatic heterocycles. The van der Waals surface area contributed by atoms with Crippen LogP contribution in [0.2, 0.25) is 0 Å². The van der Waals surface area contributed by atoms with Crippen molar-refractivity contribution in [3.8, 4) is 0 Å². The van der Waals surface area contributed by atoms with Crippen molar-refractivity contribution in [3.05, 3.63) is 0 Å². The SMILES string of the molecule is CC(C)CN(CCN(C)C)C(=O)NCC(=O)O. The zero-order chi connectivity index (χ0) is 13.4. The number of nitrogens with zero attached hydrogens (tertiary/aromatic N) is 2. The van der Waals surface area contributed by atoms with Crippen molar-refractivity contribution in [2.45, 2.75) is 13.8 Å². The van der Waals surface area contributed by atoms with Gasteiger partial charge in [-0.3, -0.25) is 4.79 Å². The molecule has 0 radical (unpaired) electrons. The summed E-state index contributed by atoms with van der Waals surface area (Å²) in [6.45, 7) is 5.68. The molecule has 100 valence electrons. The molecule has 0 aliphatic rings. The van der Waals surface area contributed by atoms with Crippen LogP contribution in [-0.4, -0.2) is 67.2 Å². The third kappa shape index (κ3) is 8.50. The number of amides is 2. The van der Waals surface area contributed by atoms with Crippen LogP contribution in [0.3, 0.4) is 0 Å². The highest BCUT2D eigenvalue weighted by Crippen LogP contribution is 1.99. The second kappa shape index (κ2) is 7.89. The summed E-state index contributed by atoms with van der Waals surface area (Å²) >= 11 is 0. The van der Waals surface area contributed by atoms with Crippen molar-refractivity contribution in [1.29, 1.82) is 0 Å². The van der Waals surface area contributed by atoms with Gasteiger partial charge in [0.1, 0.15) is 6.54 Å². The molecule has 0 bridgehead atoms. The predicted octanol–water partition coefficient (Wildman–Crippen LogP) is 0.300. The molecule has 17 heavy (non-hydrogen) atoms. The lowest BCUT2D eigenvalue weighted by Gasteiger charge is -2.26. The topological polar surface area (TPSA) is 72.9 Å². The van der Waals surface area contributed by atoms with Crippen molar-refractivity contribution in [2.24, 2.45) is 5.92 Å². The zero-order valence-electron chi connectivity index (χ0n) is 11.1. The Balaban J connectivity index is 4.24. The van der Waals surface area contributed by atoms with Gasteiger partial charge in [-0.1, -0.05) is 13.8 Å². The minimum atomic E-state index is -1.03. The Morgan fingerprint density at radius 3 is 2.24 bits per heavy atom. The lowest BCUT2D eigenvalue weighted by atomic mass is 10.2. The van der Waals surface area contributed by atoms with Crippen LogP contribution < -0.4 is 5.32 Å². The van der Waals surface area contributed by atoms with Crippen LogP contribution in [0.1, 0.15) is 13.8 Å². The van der Waals surface area contributed by atoms with Gasteiger partial charge >= 0.3 is 12.0 Å². The van der Waals surface area contributed by atoms with E-state index in [-0.39, 0.29) is 12.6 Å². The third-order valence-corrected chi connectivity index (χ3v) is 2.08. The summed E-state index contributed by atoms with van der Waals surface area (Å²) in [7, 11) is 3.87. The van der Waals surface area contributed by atoms with Gasteiger partial charge in [-0.2, -0.15) is 0 Å². The molecule has 0 aliphatic carbocycles. The summed E-state index contributed by atoms with van der Waals surface area (Å²) in [6.07, 6.45) is 0. The fraction of sp³-hybridized carbons (Fsp3) is 0.818. The Morgan fingerprint density at radius 1 is 1.24 bits per heavy atom. The number of carbonyl (C=O) groups excluding carboxylic acids is 1. The van der Waals surface area contributed by atoms with Crippen LogP contribution in [0.4, 0.5) is 4.79 Å². The normalized spacial score (nSPS) is 10.7. The molecule has 0 atom stereocenters. The first kappa shape index (κ1) is 15.7. The summed E-state index contributed by atoms with van der Waals surface area (Å²) < 4.78 is 0. The average molecular weight is 245 g/mol. The van der Waals surface area contributed by atoms with Crippen molar-refractivity contribution < 1.29 is 14.7 Å². The van der Waals surface area contributed by atoms with E-state index in [2.05, 4.69) is 5.32 Å². The molecule has 0 aromatic rings. The lowest BCUT2D eigenvalue weighted by Crippen LogP contribution is -2.46. The molecule has 0 aromatic carbocycles. The van der Waals surface area contributed by atoms with E-state index in [4.69, 9.17) is 5.11 Å². The summed E-state index contributed by atoms with van der Waals surface area (Å²) in [5, 5.41) is 10.9. The molecule has 0 fully saturated rings. The molecule has 0 spiro atoms. The number of hydrogen-bond donors (Lipinski definition) is 2. The van der Waals surface area contributed by atoms with Crippen molar-refractivity contribution >= 4 is 12.0 Å². The Kier molecular flexibility index (Phi) is 7.29. The van der Waals surface area contributed by atoms with Crippen LogP contribution in [0.15, 0.2) is 0 Å². The van der Waals surface area contributed by atoms with Gasteiger partial charge in [-0.25, -0.2) is 4.79 Å². The van der Waals surface area contributed by atoms with E-state index in [0.29, 0.717) is 19.0 Å². The fourth-order valence-electron chi connectivity index (χ4n) is 1.30. The van der Waals surface area contributed by atoms with Crippen molar-refractivity contribution in [2.75, 3.05) is 40.3 Å². The van der Waals surface area contributed by atoms with Crippen LogP contribution >= 0.6 is 0 Å². The van der Waals surface area contributed by atoms with E-state index in [1.807, 2.05) is 32.8 Å². The Labute approximate surface area is 103 Å². The minimum absolute atomic E-state index is 0.317. The second-order valence-corrected chi connectivity index (χ2v) is 4.70. The zero-order valence-corrected chi connectivity index (χ0v) is 11.1. The highest BCUT2D eigenvalue weighted by Gasteiger charge is 2.15. The van der Waals surface area contributed by atoms with Crippen molar-refractivity contribution in [3.63, 3.8) is 0 Å². The van der Waals surface area contributed by atoms with Gasteiger partial charge in [-0.15, -0.1) is 0 Å². The van der Waals surface area contributed by atoms with Gasteiger partial charge in [0.25, 0.3) is 0 Å². The van der Waals surface area contributed by atoms with E-state index < -0.39 is 5.97 Å². The highest BCUT2D eigenvalue weighted by atomic mass is 16.4. The Bertz CT molecular complexity index is 254. The molecular weight excluding hydrogens is 222 g/mol. The molecular formula is C11H23N3O3. The first-order valence-corrected chi connectivity index (χ1v) is 5.72. The maximum atomic E-state index is 11.7. The number of urea groups is 1. The number of aliphatic carboxylic acids is 1. The number of carboxylic acid groups (broad SMARTS) is 1. The highest BCUT2D eigenvalue weighted by molar-refractivity contribution is 5.79. The van der Waals surface area contributed by atoms with Gasteiger partial charge in [0, 0.05) is 19.6 Å². The quantitative estimate of drug-likeness (QED) is 0.676. The summed E-state index contributed by atoms with van der Waals surface area (Å²) in [5.74, 6) is -0.678. The molecule has 0 unspecified atom stereocenters. The largest absolute Gasteiger partial charge is 0.480 e. The monoisotopic (exact) mass is 245 g/mol. The molecule has 6 heteroatoms. The maximum absolute atomic E-state index is 11.7. The molecule has 0 saturated heterocycles. The standard InChI is InChI=1S/C11H23N3O3/c1-9(2)8-14(6-5-13(3)4)11(17)12-7-10(15)16/h9H,5-8H2,1-4H3,(H,12,17)(H,15,16). The van der Waals surface area contributed by atoms with Crippen LogP contribution in [0.25, 0.3) is 0 Å². The van der Waals surface area contributed by atoms with Crippen LogP contribution in [0.5, 0.6) is 0 Å². The molecule has 0 heterocycles. The number of carboxylic acids is 1. The maximum Gasteiger partial charge on any atom is 0.323 e. The van der Waals surface area contributed by atoms with E-state index >= 15 is 0 Å². The molecule has 0 saturated carbocycles. The van der Waals surface area contributed by atoms with E-state index in [0.717, 1.165) is 6.54 Å². The lowest BCUT2D eigenvalue weighted by molar-refractivity contribution is -0.135. The van der Waals surface area contributed by atoms with Crippen LogP contribution in [-0.2, 0) is 4.79 Å². The third-order valence-electron chi connectivity index (χ3n) is 2.08. The summed E-state index contributed by atoms with van der Waals surface area (Å²) in [6, 6.07) is -0.317. The number of hydrogen-bond acceptors (Lipinski definition) is 3. The van der Waals surface area contributed by atoms with Gasteiger partial charge < -0.3 is 20.2 Å². The number of likely N-dealkylation sites (N-methyl/N-ethyl adjacent to an activating group) is 1. The minimum Gasteiger partial charge on any atom is -0.480 e. The smallest absolute Gasteiger partial charge is 0.323 e. The average Bonchev–Trinajstić information content (AvgIpc) is 2.19. The number of nitrogens with one attached hydrogen (secondary N) is 1. The first-order chi connectivity index (χ1) is 7.82. The molecule has 0 aromatic heterocycles. The van der Waals surface area contributed by atoms with E-state index in [1.165, 1.54) is 0 Å². The summed E-state index contributed by atoms with van der Waals surface area (Å²) in [5.41, 5.74) is 0. The second-order valence-electron chi connectivity index (χ2n) is 4.70. The van der Waals surface area contributed by atoms with E-state index in [9.17, 15) is 9.59 Å². The van der Waals surface area contributed by atoms with Gasteiger partial charge in [0.15, 0.2) is 0 Å². The molecule has 6 nitrogen and oxygen atoms in total. The number of rotatable bonds is 7. The molecule has 2 amide bonds. The molecule has 2 N–H and O–H groups in total.